The van der Waals surface area contributed by atoms with Gasteiger partial charge in [0.05, 0.1) is 25.9 Å². The van der Waals surface area contributed by atoms with Gasteiger partial charge in [-0.3, -0.25) is 0 Å². The first-order valence-corrected chi connectivity index (χ1v) is 11.0. The quantitative estimate of drug-likeness (QED) is 0.253. The predicted molar refractivity (Wildman–Crippen MR) is 134 cm³/mol. The highest BCUT2D eigenvalue weighted by Gasteiger charge is 2.19. The Bertz CT molecular complexity index is 634. The van der Waals surface area contributed by atoms with Crippen LogP contribution in [-0.2, 0) is 16.0 Å². The van der Waals surface area contributed by atoms with Crippen LogP contribution in [0.25, 0.3) is 0 Å². The fraction of sp³-hybridized carbons (Fsp3) is 0.696. The third-order valence-corrected chi connectivity index (χ3v) is 5.00. The molecule has 1 aliphatic rings. The number of aryl methyl sites for hydroxylation is 1. The summed E-state index contributed by atoms with van der Waals surface area (Å²) in [7, 11) is 0. The zero-order valence-electron chi connectivity index (χ0n) is 19.2. The summed E-state index contributed by atoms with van der Waals surface area (Å²) in [4.78, 5) is 4.78. The van der Waals surface area contributed by atoms with Crippen LogP contribution in [0.4, 0.5) is 0 Å². The Balaban J connectivity index is 0.00000450. The standard InChI is InChI=1S/C23H39N3O3.HI/c1-6-24-23(25-12-10-21(17(3)4)28-7-2)26-15-19-9-8-18(5)14-22(19)29-20-11-13-27-16-20;/h8-9,14,17,20-21H,6-7,10-13,15-16H2,1-5H3,(H2,24,25,26);1H. The third-order valence-electron chi connectivity index (χ3n) is 5.00. The van der Waals surface area contributed by atoms with Crippen LogP contribution < -0.4 is 15.4 Å². The van der Waals surface area contributed by atoms with Gasteiger partial charge in [-0.15, -0.1) is 24.0 Å². The van der Waals surface area contributed by atoms with Gasteiger partial charge in [-0.1, -0.05) is 26.0 Å². The van der Waals surface area contributed by atoms with Crippen LogP contribution in [0.1, 0.15) is 51.7 Å². The normalized spacial score (nSPS) is 17.5. The van der Waals surface area contributed by atoms with E-state index in [-0.39, 0.29) is 36.2 Å². The zero-order valence-corrected chi connectivity index (χ0v) is 21.5. The van der Waals surface area contributed by atoms with E-state index >= 15 is 0 Å². The zero-order chi connectivity index (χ0) is 21.1. The molecule has 30 heavy (non-hydrogen) atoms. The van der Waals surface area contributed by atoms with Crippen LogP contribution in [0.3, 0.4) is 0 Å². The maximum atomic E-state index is 6.19. The van der Waals surface area contributed by atoms with Crippen molar-refractivity contribution in [3.8, 4) is 5.75 Å². The van der Waals surface area contributed by atoms with Gasteiger partial charge in [-0.25, -0.2) is 4.99 Å². The lowest BCUT2D eigenvalue weighted by atomic mass is 10.0. The van der Waals surface area contributed by atoms with E-state index in [9.17, 15) is 0 Å². The molecule has 1 aromatic carbocycles. The first-order valence-electron chi connectivity index (χ1n) is 11.0. The van der Waals surface area contributed by atoms with E-state index in [1.807, 2.05) is 6.92 Å². The molecule has 1 aromatic rings. The van der Waals surface area contributed by atoms with Gasteiger partial charge in [0, 0.05) is 31.7 Å². The minimum absolute atomic E-state index is 0. The van der Waals surface area contributed by atoms with Gasteiger partial charge in [-0.2, -0.15) is 0 Å². The summed E-state index contributed by atoms with van der Waals surface area (Å²) in [5.41, 5.74) is 2.28. The van der Waals surface area contributed by atoms with Gasteiger partial charge in [0.2, 0.25) is 0 Å². The van der Waals surface area contributed by atoms with Crippen LogP contribution >= 0.6 is 24.0 Å². The van der Waals surface area contributed by atoms with Gasteiger partial charge in [0.1, 0.15) is 11.9 Å². The Hall–Kier alpha value is -1.06. The maximum absolute atomic E-state index is 6.19. The SMILES string of the molecule is CCNC(=NCc1ccc(C)cc1OC1CCOC1)NCCC(OCC)C(C)C.I. The van der Waals surface area contributed by atoms with Gasteiger partial charge < -0.3 is 24.8 Å². The molecule has 0 radical (unpaired) electrons. The van der Waals surface area contributed by atoms with E-state index in [0.29, 0.717) is 19.1 Å². The van der Waals surface area contributed by atoms with Gasteiger partial charge in [0.15, 0.2) is 5.96 Å². The molecule has 0 aliphatic carbocycles. The highest BCUT2D eigenvalue weighted by Crippen LogP contribution is 2.24. The number of guanidine groups is 1. The van der Waals surface area contributed by atoms with Gasteiger partial charge >= 0.3 is 0 Å². The first kappa shape index (κ1) is 27.0. The average Bonchev–Trinajstić information content (AvgIpc) is 3.19. The Morgan fingerprint density at radius 2 is 2.07 bits per heavy atom. The summed E-state index contributed by atoms with van der Waals surface area (Å²) < 4.78 is 17.5. The van der Waals surface area contributed by atoms with Crippen LogP contribution in [0.2, 0.25) is 0 Å². The molecule has 0 bridgehead atoms. The van der Waals surface area contributed by atoms with E-state index in [1.54, 1.807) is 0 Å². The van der Waals surface area contributed by atoms with Crippen LogP contribution in [0.15, 0.2) is 23.2 Å². The molecule has 6 nitrogen and oxygen atoms in total. The Morgan fingerprint density at radius 1 is 1.27 bits per heavy atom. The second kappa shape index (κ2) is 14.9. The Morgan fingerprint density at radius 3 is 2.70 bits per heavy atom. The van der Waals surface area contributed by atoms with Crippen molar-refractivity contribution in [2.75, 3.05) is 32.9 Å². The lowest BCUT2D eigenvalue weighted by Gasteiger charge is -2.21. The second-order valence-corrected chi connectivity index (χ2v) is 7.86. The number of aliphatic imine (C=N–C) groups is 1. The molecular weight excluding hydrogens is 493 g/mol. The van der Waals surface area contributed by atoms with Crippen LogP contribution in [0, 0.1) is 12.8 Å². The fourth-order valence-corrected chi connectivity index (χ4v) is 3.35. The molecule has 2 unspecified atom stereocenters. The largest absolute Gasteiger partial charge is 0.488 e. The lowest BCUT2D eigenvalue weighted by Crippen LogP contribution is -2.39. The fourth-order valence-electron chi connectivity index (χ4n) is 3.35. The highest BCUT2D eigenvalue weighted by molar-refractivity contribution is 14.0. The van der Waals surface area contributed by atoms with E-state index < -0.39 is 0 Å². The van der Waals surface area contributed by atoms with E-state index in [2.05, 4.69) is 56.5 Å². The number of hydrogen-bond donors (Lipinski definition) is 2. The molecule has 1 fully saturated rings. The molecule has 1 heterocycles. The molecule has 0 saturated carbocycles. The third kappa shape index (κ3) is 9.39. The summed E-state index contributed by atoms with van der Waals surface area (Å²) >= 11 is 0. The van der Waals surface area contributed by atoms with Crippen molar-refractivity contribution in [3.63, 3.8) is 0 Å². The summed E-state index contributed by atoms with van der Waals surface area (Å²) in [6, 6.07) is 6.31. The molecule has 1 saturated heterocycles. The molecule has 1 aliphatic heterocycles. The topological polar surface area (TPSA) is 64.1 Å². The number of nitrogens with one attached hydrogen (secondary N) is 2. The van der Waals surface area contributed by atoms with Crippen molar-refractivity contribution >= 4 is 29.9 Å². The number of hydrogen-bond acceptors (Lipinski definition) is 4. The number of benzene rings is 1. The molecular formula is C23H40IN3O3. The maximum Gasteiger partial charge on any atom is 0.191 e. The Labute approximate surface area is 199 Å². The summed E-state index contributed by atoms with van der Waals surface area (Å²) in [5, 5.41) is 6.77. The predicted octanol–water partition coefficient (Wildman–Crippen LogP) is 4.29. The van der Waals surface area contributed by atoms with Crippen molar-refractivity contribution < 1.29 is 14.2 Å². The number of halogens is 1. The monoisotopic (exact) mass is 533 g/mol. The molecule has 2 N–H and O–H groups in total. The van der Waals surface area contributed by atoms with E-state index in [1.165, 1.54) is 5.56 Å². The molecule has 0 amide bonds. The minimum Gasteiger partial charge on any atom is -0.488 e. The van der Waals surface area contributed by atoms with Crippen LogP contribution in [0.5, 0.6) is 5.75 Å². The van der Waals surface area contributed by atoms with Crippen molar-refractivity contribution in [1.29, 1.82) is 0 Å². The van der Waals surface area contributed by atoms with Gasteiger partial charge in [0.25, 0.3) is 0 Å². The summed E-state index contributed by atoms with van der Waals surface area (Å²) in [5.74, 6) is 2.24. The lowest BCUT2D eigenvalue weighted by molar-refractivity contribution is 0.0258. The average molecular weight is 533 g/mol. The molecule has 2 atom stereocenters. The van der Waals surface area contributed by atoms with E-state index in [4.69, 9.17) is 19.2 Å². The van der Waals surface area contributed by atoms with Crippen LogP contribution in [-0.4, -0.2) is 51.1 Å². The second-order valence-electron chi connectivity index (χ2n) is 7.86. The first-order chi connectivity index (χ1) is 14.0. The summed E-state index contributed by atoms with van der Waals surface area (Å²) in [6.07, 6.45) is 2.30. The molecule has 0 spiro atoms. The van der Waals surface area contributed by atoms with Crippen molar-refractivity contribution in [2.45, 2.75) is 66.2 Å². The number of rotatable bonds is 11. The number of nitrogens with zero attached hydrogens (tertiary/aromatic N) is 1. The molecule has 7 heteroatoms. The van der Waals surface area contributed by atoms with Crippen molar-refractivity contribution in [3.05, 3.63) is 29.3 Å². The van der Waals surface area contributed by atoms with Crippen molar-refractivity contribution in [2.24, 2.45) is 10.9 Å². The molecule has 0 aromatic heterocycles. The highest BCUT2D eigenvalue weighted by atomic mass is 127. The minimum atomic E-state index is 0. The number of ether oxygens (including phenoxy) is 3. The molecule has 172 valence electrons. The Kier molecular flexibility index (Phi) is 13.4. The van der Waals surface area contributed by atoms with Gasteiger partial charge in [-0.05, 0) is 44.7 Å². The summed E-state index contributed by atoms with van der Waals surface area (Å²) in [6.45, 7) is 15.0. The van der Waals surface area contributed by atoms with Crippen molar-refractivity contribution in [1.82, 2.24) is 10.6 Å². The smallest absolute Gasteiger partial charge is 0.191 e. The molecule has 2 rings (SSSR count). The van der Waals surface area contributed by atoms with E-state index in [0.717, 1.165) is 56.4 Å².